The molecule has 0 spiro atoms. The molecule has 102 valence electrons. The van der Waals surface area contributed by atoms with Gasteiger partial charge in [-0.3, -0.25) is 0 Å². The number of halogens is 1. The predicted molar refractivity (Wildman–Crippen MR) is 85.1 cm³/mol. The van der Waals surface area contributed by atoms with Crippen molar-refractivity contribution in [1.82, 2.24) is 4.98 Å². The van der Waals surface area contributed by atoms with E-state index in [0.29, 0.717) is 0 Å². The van der Waals surface area contributed by atoms with Crippen molar-refractivity contribution in [3.05, 3.63) is 58.4 Å². The van der Waals surface area contributed by atoms with Gasteiger partial charge in [0.2, 0.25) is 0 Å². The fourth-order valence-electron chi connectivity index (χ4n) is 2.19. The second-order valence-corrected chi connectivity index (χ2v) is 5.61. The molecule has 0 amide bonds. The third kappa shape index (κ3) is 2.70. The topological polar surface area (TPSA) is 38.1 Å². The number of anilines is 1. The lowest BCUT2D eigenvalue weighted by Crippen LogP contribution is -2.06. The summed E-state index contributed by atoms with van der Waals surface area (Å²) >= 11 is 3.45. The van der Waals surface area contributed by atoms with Crippen molar-refractivity contribution < 1.29 is 4.42 Å². The highest BCUT2D eigenvalue weighted by Gasteiger charge is 2.05. The van der Waals surface area contributed by atoms with Crippen LogP contribution >= 0.6 is 15.9 Å². The standard InChI is InChI=1S/C16H15BrN2O/c1-11-8-16(19-9-14(11)17)18-7-6-12-10-20-15-5-3-2-4-13(12)15/h2-5,8-10H,6-7H2,1H3,(H,18,19). The van der Waals surface area contributed by atoms with E-state index in [0.717, 1.165) is 28.8 Å². The molecule has 0 aliphatic rings. The van der Waals surface area contributed by atoms with E-state index < -0.39 is 0 Å². The number of nitrogens with one attached hydrogen (secondary N) is 1. The van der Waals surface area contributed by atoms with E-state index >= 15 is 0 Å². The van der Waals surface area contributed by atoms with Gasteiger partial charge in [0.25, 0.3) is 0 Å². The van der Waals surface area contributed by atoms with Crippen molar-refractivity contribution in [1.29, 1.82) is 0 Å². The Labute approximate surface area is 126 Å². The van der Waals surface area contributed by atoms with Crippen molar-refractivity contribution >= 4 is 32.7 Å². The fraction of sp³-hybridized carbons (Fsp3) is 0.188. The lowest BCUT2D eigenvalue weighted by molar-refractivity contribution is 0.610. The zero-order valence-corrected chi connectivity index (χ0v) is 12.8. The number of hydrogen-bond donors (Lipinski definition) is 1. The zero-order valence-electron chi connectivity index (χ0n) is 11.2. The van der Waals surface area contributed by atoms with Gasteiger partial charge in [-0.15, -0.1) is 0 Å². The van der Waals surface area contributed by atoms with Crippen LogP contribution in [0.15, 0.2) is 51.7 Å². The third-order valence-electron chi connectivity index (χ3n) is 3.31. The van der Waals surface area contributed by atoms with Crippen LogP contribution in [0.3, 0.4) is 0 Å². The molecule has 2 aromatic heterocycles. The number of furan rings is 1. The lowest BCUT2D eigenvalue weighted by Gasteiger charge is -2.06. The van der Waals surface area contributed by atoms with Crippen molar-refractivity contribution in [3.8, 4) is 0 Å². The number of fused-ring (bicyclic) bond motifs is 1. The largest absolute Gasteiger partial charge is 0.464 e. The highest BCUT2D eigenvalue weighted by molar-refractivity contribution is 9.10. The monoisotopic (exact) mass is 330 g/mol. The highest BCUT2D eigenvalue weighted by Crippen LogP contribution is 2.21. The van der Waals surface area contributed by atoms with Crippen LogP contribution in [0.25, 0.3) is 11.0 Å². The molecule has 0 saturated heterocycles. The van der Waals surface area contributed by atoms with Crippen LogP contribution in [0.1, 0.15) is 11.1 Å². The van der Waals surface area contributed by atoms with Gasteiger partial charge in [-0.2, -0.15) is 0 Å². The molecule has 0 fully saturated rings. The summed E-state index contributed by atoms with van der Waals surface area (Å²) in [5.41, 5.74) is 3.35. The first-order chi connectivity index (χ1) is 9.74. The molecule has 0 aliphatic carbocycles. The summed E-state index contributed by atoms with van der Waals surface area (Å²) in [5.74, 6) is 0.901. The molecule has 0 radical (unpaired) electrons. The van der Waals surface area contributed by atoms with E-state index in [9.17, 15) is 0 Å². The number of nitrogens with zero attached hydrogens (tertiary/aromatic N) is 1. The molecule has 1 N–H and O–H groups in total. The lowest BCUT2D eigenvalue weighted by atomic mass is 10.1. The quantitative estimate of drug-likeness (QED) is 0.762. The maximum Gasteiger partial charge on any atom is 0.134 e. The van der Waals surface area contributed by atoms with Gasteiger partial charge in [-0.1, -0.05) is 18.2 Å². The van der Waals surface area contributed by atoms with E-state index in [2.05, 4.69) is 39.2 Å². The molecule has 0 aliphatic heterocycles. The molecule has 3 rings (SSSR count). The van der Waals surface area contributed by atoms with Crippen LogP contribution in [-0.2, 0) is 6.42 Å². The molecule has 0 saturated carbocycles. The van der Waals surface area contributed by atoms with E-state index in [1.54, 1.807) is 0 Å². The van der Waals surface area contributed by atoms with Gasteiger partial charge in [0, 0.05) is 22.6 Å². The maximum absolute atomic E-state index is 5.54. The smallest absolute Gasteiger partial charge is 0.134 e. The summed E-state index contributed by atoms with van der Waals surface area (Å²) in [5, 5.41) is 4.53. The third-order valence-corrected chi connectivity index (χ3v) is 4.14. The Kier molecular flexibility index (Phi) is 3.74. The highest BCUT2D eigenvalue weighted by atomic mass is 79.9. The summed E-state index contributed by atoms with van der Waals surface area (Å²) in [6.07, 6.45) is 4.57. The first kappa shape index (κ1) is 13.2. The zero-order chi connectivity index (χ0) is 13.9. The van der Waals surface area contributed by atoms with Crippen LogP contribution in [0.5, 0.6) is 0 Å². The van der Waals surface area contributed by atoms with Crippen LogP contribution in [0.2, 0.25) is 0 Å². The molecule has 0 unspecified atom stereocenters. The predicted octanol–water partition coefficient (Wildman–Crippen LogP) is 4.55. The second kappa shape index (κ2) is 5.67. The van der Waals surface area contributed by atoms with Gasteiger partial charge in [0.15, 0.2) is 0 Å². The van der Waals surface area contributed by atoms with Gasteiger partial charge >= 0.3 is 0 Å². The fourth-order valence-corrected chi connectivity index (χ4v) is 2.40. The molecule has 4 heteroatoms. The first-order valence-electron chi connectivity index (χ1n) is 6.55. The number of para-hydroxylation sites is 1. The van der Waals surface area contributed by atoms with Crippen LogP contribution in [0, 0.1) is 6.92 Å². The van der Waals surface area contributed by atoms with Crippen molar-refractivity contribution in [2.75, 3.05) is 11.9 Å². The average molecular weight is 331 g/mol. The summed E-state index contributed by atoms with van der Waals surface area (Å²) in [4.78, 5) is 4.34. The van der Waals surface area contributed by atoms with Crippen molar-refractivity contribution in [2.24, 2.45) is 0 Å². The summed E-state index contributed by atoms with van der Waals surface area (Å²) in [7, 11) is 0. The molecular weight excluding hydrogens is 316 g/mol. The van der Waals surface area contributed by atoms with E-state index in [1.807, 2.05) is 36.7 Å². The van der Waals surface area contributed by atoms with E-state index in [4.69, 9.17) is 4.42 Å². The van der Waals surface area contributed by atoms with Crippen molar-refractivity contribution in [3.63, 3.8) is 0 Å². The summed E-state index contributed by atoms with van der Waals surface area (Å²) < 4.78 is 6.57. The number of rotatable bonds is 4. The number of pyridine rings is 1. The number of benzene rings is 1. The molecular formula is C16H15BrN2O. The molecule has 1 aromatic carbocycles. The van der Waals surface area contributed by atoms with Gasteiger partial charge in [0.1, 0.15) is 11.4 Å². The van der Waals surface area contributed by atoms with Crippen LogP contribution < -0.4 is 5.32 Å². The minimum absolute atomic E-state index is 0.831. The molecule has 3 aromatic rings. The van der Waals surface area contributed by atoms with Gasteiger partial charge in [-0.25, -0.2) is 4.98 Å². The Morgan fingerprint density at radius 2 is 2.15 bits per heavy atom. The Bertz CT molecular complexity index is 736. The Morgan fingerprint density at radius 1 is 1.30 bits per heavy atom. The molecule has 0 atom stereocenters. The molecule has 2 heterocycles. The summed E-state index contributed by atoms with van der Waals surface area (Å²) in [6, 6.07) is 10.1. The van der Waals surface area contributed by atoms with E-state index in [1.165, 1.54) is 16.5 Å². The van der Waals surface area contributed by atoms with Gasteiger partial charge < -0.3 is 9.73 Å². The van der Waals surface area contributed by atoms with Crippen molar-refractivity contribution in [2.45, 2.75) is 13.3 Å². The Hall–Kier alpha value is -1.81. The Balaban J connectivity index is 1.66. The molecule has 20 heavy (non-hydrogen) atoms. The molecule has 3 nitrogen and oxygen atoms in total. The second-order valence-electron chi connectivity index (χ2n) is 4.75. The number of hydrogen-bond acceptors (Lipinski definition) is 3. The van der Waals surface area contributed by atoms with E-state index in [-0.39, 0.29) is 0 Å². The minimum atomic E-state index is 0.831. The average Bonchev–Trinajstić information content (AvgIpc) is 2.86. The molecule has 0 bridgehead atoms. The minimum Gasteiger partial charge on any atom is -0.464 e. The van der Waals surface area contributed by atoms with Crippen LogP contribution in [0.4, 0.5) is 5.82 Å². The first-order valence-corrected chi connectivity index (χ1v) is 7.34. The van der Waals surface area contributed by atoms with Gasteiger partial charge in [-0.05, 0) is 52.5 Å². The maximum atomic E-state index is 5.54. The van der Waals surface area contributed by atoms with Gasteiger partial charge in [0.05, 0.1) is 6.26 Å². The normalized spacial score (nSPS) is 10.9. The Morgan fingerprint density at radius 3 is 3.00 bits per heavy atom. The number of aryl methyl sites for hydroxylation is 1. The van der Waals surface area contributed by atoms with Crippen LogP contribution in [-0.4, -0.2) is 11.5 Å². The SMILES string of the molecule is Cc1cc(NCCc2coc3ccccc23)ncc1Br. The number of aromatic nitrogens is 1. The summed E-state index contributed by atoms with van der Waals surface area (Å²) in [6.45, 7) is 2.89.